The fourth-order valence-corrected chi connectivity index (χ4v) is 1.50. The van der Waals surface area contributed by atoms with Crippen LogP contribution in [0.15, 0.2) is 12.7 Å². The molecule has 0 rings (SSSR count). The smallest absolute Gasteiger partial charge is 0.422 e. The molecule has 19 heavy (non-hydrogen) atoms. The van der Waals surface area contributed by atoms with Gasteiger partial charge in [-0.05, 0) is 6.92 Å². The van der Waals surface area contributed by atoms with Crippen molar-refractivity contribution in [1.29, 1.82) is 0 Å². The van der Waals surface area contributed by atoms with Crippen molar-refractivity contribution in [2.75, 3.05) is 18.1 Å². The first kappa shape index (κ1) is 17.6. The summed E-state index contributed by atoms with van der Waals surface area (Å²) in [4.78, 5) is 21.9. The average Bonchev–Trinajstić information content (AvgIpc) is 2.26. The molecule has 0 radical (unpaired) electrons. The SMILES string of the molecule is C=CCSCCNC(=O)NC(C)(C(=O)O)C(F)(F)F. The average molecular weight is 300 g/mol. The van der Waals surface area contributed by atoms with Crippen LogP contribution in [0.4, 0.5) is 18.0 Å². The van der Waals surface area contributed by atoms with E-state index in [0.717, 1.165) is 0 Å². The van der Waals surface area contributed by atoms with E-state index in [0.29, 0.717) is 18.4 Å². The van der Waals surface area contributed by atoms with Crippen LogP contribution in [0.1, 0.15) is 6.92 Å². The van der Waals surface area contributed by atoms with Gasteiger partial charge in [-0.3, -0.25) is 0 Å². The summed E-state index contributed by atoms with van der Waals surface area (Å²) in [7, 11) is 0. The van der Waals surface area contributed by atoms with Crippen LogP contribution in [0.2, 0.25) is 0 Å². The summed E-state index contributed by atoms with van der Waals surface area (Å²) in [6, 6.07) is -1.18. The zero-order valence-corrected chi connectivity index (χ0v) is 11.0. The number of carboxylic acids is 1. The van der Waals surface area contributed by atoms with Gasteiger partial charge in [-0.1, -0.05) is 6.08 Å². The maximum Gasteiger partial charge on any atom is 0.422 e. The molecule has 0 aliphatic rings. The molecule has 0 aliphatic heterocycles. The first-order valence-corrected chi connectivity index (χ1v) is 6.35. The van der Waals surface area contributed by atoms with Crippen molar-refractivity contribution < 1.29 is 27.9 Å². The lowest BCUT2D eigenvalue weighted by Crippen LogP contribution is -2.63. The van der Waals surface area contributed by atoms with Gasteiger partial charge in [0.15, 0.2) is 0 Å². The van der Waals surface area contributed by atoms with Crippen LogP contribution in [0.5, 0.6) is 0 Å². The quantitative estimate of drug-likeness (QED) is 0.493. The van der Waals surface area contributed by atoms with Gasteiger partial charge in [-0.25, -0.2) is 9.59 Å². The Morgan fingerprint density at radius 3 is 2.42 bits per heavy atom. The molecule has 0 bridgehead atoms. The second-order valence-electron chi connectivity index (χ2n) is 3.67. The molecule has 0 aromatic heterocycles. The minimum atomic E-state index is -5.09. The molecule has 110 valence electrons. The van der Waals surface area contributed by atoms with Crippen molar-refractivity contribution in [3.8, 4) is 0 Å². The molecule has 5 nitrogen and oxygen atoms in total. The van der Waals surface area contributed by atoms with Crippen molar-refractivity contribution in [2.24, 2.45) is 0 Å². The van der Waals surface area contributed by atoms with Gasteiger partial charge in [-0.15, -0.1) is 6.58 Å². The highest BCUT2D eigenvalue weighted by Gasteiger charge is 2.58. The maximum atomic E-state index is 12.6. The van der Waals surface area contributed by atoms with Crippen molar-refractivity contribution in [3.05, 3.63) is 12.7 Å². The summed E-state index contributed by atoms with van der Waals surface area (Å²) in [5, 5.41) is 12.2. The molecule has 3 N–H and O–H groups in total. The van der Waals surface area contributed by atoms with E-state index in [-0.39, 0.29) is 6.54 Å². The predicted octanol–water partition coefficient (Wildman–Crippen LogP) is 1.61. The Hall–Kier alpha value is -1.38. The van der Waals surface area contributed by atoms with Gasteiger partial charge in [0, 0.05) is 18.1 Å². The van der Waals surface area contributed by atoms with E-state index in [1.54, 1.807) is 6.08 Å². The highest BCUT2D eigenvalue weighted by atomic mass is 32.2. The Morgan fingerprint density at radius 2 is 2.00 bits per heavy atom. The number of nitrogens with one attached hydrogen (secondary N) is 2. The van der Waals surface area contributed by atoms with Gasteiger partial charge in [0.1, 0.15) is 0 Å². The third kappa shape index (κ3) is 5.41. The third-order valence-corrected chi connectivity index (χ3v) is 3.09. The van der Waals surface area contributed by atoms with Gasteiger partial charge < -0.3 is 15.7 Å². The summed E-state index contributed by atoms with van der Waals surface area (Å²) < 4.78 is 37.7. The van der Waals surface area contributed by atoms with Crippen molar-refractivity contribution in [2.45, 2.75) is 18.6 Å². The molecule has 0 aliphatic carbocycles. The molecule has 0 aromatic rings. The number of halogens is 3. The van der Waals surface area contributed by atoms with Gasteiger partial charge in [0.25, 0.3) is 0 Å². The van der Waals surface area contributed by atoms with Gasteiger partial charge in [-0.2, -0.15) is 24.9 Å². The number of alkyl halides is 3. The largest absolute Gasteiger partial charge is 0.479 e. The summed E-state index contributed by atoms with van der Waals surface area (Å²) in [5.41, 5.74) is -3.31. The number of hydrogen-bond donors (Lipinski definition) is 3. The van der Waals surface area contributed by atoms with E-state index in [2.05, 4.69) is 11.9 Å². The van der Waals surface area contributed by atoms with Crippen LogP contribution in [0, 0.1) is 0 Å². The van der Waals surface area contributed by atoms with E-state index in [1.165, 1.54) is 17.1 Å². The normalized spacial score (nSPS) is 14.3. The van der Waals surface area contributed by atoms with Gasteiger partial charge in [0.2, 0.25) is 5.54 Å². The number of amides is 2. The topological polar surface area (TPSA) is 78.4 Å². The lowest BCUT2D eigenvalue weighted by atomic mass is 10.0. The fourth-order valence-electron chi connectivity index (χ4n) is 0.920. The molecule has 0 heterocycles. The van der Waals surface area contributed by atoms with E-state index >= 15 is 0 Å². The zero-order chi connectivity index (χ0) is 15.1. The lowest BCUT2D eigenvalue weighted by Gasteiger charge is -2.28. The molecule has 0 spiro atoms. The number of hydrogen-bond acceptors (Lipinski definition) is 3. The summed E-state index contributed by atoms with van der Waals surface area (Å²) in [6.45, 7) is 3.99. The van der Waals surface area contributed by atoms with Crippen LogP contribution in [0.3, 0.4) is 0 Å². The highest BCUT2D eigenvalue weighted by Crippen LogP contribution is 2.30. The Morgan fingerprint density at radius 1 is 1.42 bits per heavy atom. The molecule has 0 fully saturated rings. The Labute approximate surface area is 112 Å². The minimum Gasteiger partial charge on any atom is -0.479 e. The van der Waals surface area contributed by atoms with Crippen molar-refractivity contribution >= 4 is 23.8 Å². The van der Waals surface area contributed by atoms with E-state index in [9.17, 15) is 22.8 Å². The molecule has 2 amide bonds. The molecular weight excluding hydrogens is 285 g/mol. The second-order valence-corrected chi connectivity index (χ2v) is 4.82. The van der Waals surface area contributed by atoms with E-state index in [4.69, 9.17) is 5.11 Å². The summed E-state index contributed by atoms with van der Waals surface area (Å²) in [5.74, 6) is -1.04. The Balaban J connectivity index is 4.35. The first-order valence-electron chi connectivity index (χ1n) is 5.20. The molecular formula is C10H15F3N2O3S. The number of thioether (sulfide) groups is 1. The molecule has 0 aromatic carbocycles. The zero-order valence-electron chi connectivity index (χ0n) is 10.2. The first-order chi connectivity index (χ1) is 8.65. The number of aliphatic carboxylic acids is 1. The minimum absolute atomic E-state index is 0.123. The van der Waals surface area contributed by atoms with E-state index in [1.807, 2.05) is 0 Å². The molecule has 0 saturated heterocycles. The van der Waals surface area contributed by atoms with Crippen LogP contribution in [-0.4, -0.2) is 46.9 Å². The Kier molecular flexibility index (Phi) is 6.74. The second kappa shape index (κ2) is 7.27. The number of rotatable bonds is 7. The van der Waals surface area contributed by atoms with Crippen molar-refractivity contribution in [1.82, 2.24) is 10.6 Å². The number of carbonyl (C=O) groups is 2. The molecule has 1 atom stereocenters. The van der Waals surface area contributed by atoms with Gasteiger partial charge in [0.05, 0.1) is 0 Å². The maximum absolute atomic E-state index is 12.6. The molecule has 1 unspecified atom stereocenters. The van der Waals surface area contributed by atoms with E-state index < -0.39 is 23.7 Å². The summed E-state index contributed by atoms with van der Waals surface area (Å²) >= 11 is 1.43. The lowest BCUT2D eigenvalue weighted by molar-refractivity contribution is -0.203. The van der Waals surface area contributed by atoms with Gasteiger partial charge >= 0.3 is 18.2 Å². The standard InChI is InChI=1S/C10H15F3N2O3S/c1-3-5-19-6-4-14-8(18)15-9(2,7(16)17)10(11,12)13/h3H,1,4-6H2,2H3,(H,16,17)(H2,14,15,18). The van der Waals surface area contributed by atoms with Crippen LogP contribution in [0.25, 0.3) is 0 Å². The summed E-state index contributed by atoms with van der Waals surface area (Å²) in [6.07, 6.45) is -3.44. The molecule has 9 heteroatoms. The van der Waals surface area contributed by atoms with Crippen LogP contribution in [-0.2, 0) is 4.79 Å². The molecule has 0 saturated carbocycles. The monoisotopic (exact) mass is 300 g/mol. The third-order valence-electron chi connectivity index (χ3n) is 2.13. The Bertz CT molecular complexity index is 349. The van der Waals surface area contributed by atoms with Crippen molar-refractivity contribution in [3.63, 3.8) is 0 Å². The number of urea groups is 1. The van der Waals surface area contributed by atoms with Crippen LogP contribution >= 0.6 is 11.8 Å². The fraction of sp³-hybridized carbons (Fsp3) is 0.600. The number of carboxylic acid groups (broad SMARTS) is 1. The van der Waals surface area contributed by atoms with Crippen LogP contribution < -0.4 is 10.6 Å². The predicted molar refractivity (Wildman–Crippen MR) is 66.2 cm³/mol. The number of carbonyl (C=O) groups excluding carboxylic acids is 1. The highest BCUT2D eigenvalue weighted by molar-refractivity contribution is 7.99.